The summed E-state index contributed by atoms with van der Waals surface area (Å²) < 4.78 is 39.3. The van der Waals surface area contributed by atoms with Gasteiger partial charge in [0.05, 0.1) is 5.69 Å². The molecule has 0 amide bonds. The minimum atomic E-state index is -4.42. The van der Waals surface area contributed by atoms with E-state index >= 15 is 0 Å². The van der Waals surface area contributed by atoms with Crippen molar-refractivity contribution in [3.63, 3.8) is 0 Å². The van der Waals surface area contributed by atoms with Gasteiger partial charge in [0.15, 0.2) is 5.69 Å². The highest BCUT2D eigenvalue weighted by Crippen LogP contribution is 2.33. The average molecular weight is 274 g/mol. The third kappa shape index (κ3) is 2.80. The van der Waals surface area contributed by atoms with Gasteiger partial charge in [-0.25, -0.2) is 9.97 Å². The molecule has 4 nitrogen and oxygen atoms in total. The van der Waals surface area contributed by atoms with Crippen molar-refractivity contribution >= 4 is 5.95 Å². The number of rotatable bonds is 3. The minimum absolute atomic E-state index is 0.166. The van der Waals surface area contributed by atoms with Crippen LogP contribution < -0.4 is 10.2 Å². The molecule has 1 aliphatic rings. The lowest BCUT2D eigenvalue weighted by molar-refractivity contribution is -0.142. The van der Waals surface area contributed by atoms with E-state index in [2.05, 4.69) is 15.3 Å². The quantitative estimate of drug-likeness (QED) is 0.915. The lowest BCUT2D eigenvalue weighted by Gasteiger charge is -2.25. The van der Waals surface area contributed by atoms with Crippen molar-refractivity contribution in [3.05, 3.63) is 17.0 Å². The highest BCUT2D eigenvalue weighted by atomic mass is 19.4. The Morgan fingerprint density at radius 2 is 1.89 bits per heavy atom. The normalized spacial score (nSPS) is 15.2. The Labute approximate surface area is 110 Å². The molecule has 0 radical (unpaired) electrons. The van der Waals surface area contributed by atoms with Crippen molar-refractivity contribution in [3.8, 4) is 0 Å². The van der Waals surface area contributed by atoms with Gasteiger partial charge in [0.25, 0.3) is 0 Å². The van der Waals surface area contributed by atoms with Crippen LogP contribution in [0.4, 0.5) is 19.1 Å². The number of hydrogen-bond acceptors (Lipinski definition) is 4. The Bertz CT molecular complexity index is 455. The highest BCUT2D eigenvalue weighted by Gasteiger charge is 2.38. The first-order valence-corrected chi connectivity index (χ1v) is 6.40. The van der Waals surface area contributed by atoms with E-state index < -0.39 is 11.9 Å². The first-order valence-electron chi connectivity index (χ1n) is 6.40. The smallest absolute Gasteiger partial charge is 0.341 e. The maximum absolute atomic E-state index is 13.1. The zero-order chi connectivity index (χ0) is 14.0. The third-order valence-corrected chi connectivity index (χ3v) is 3.24. The number of alkyl halides is 3. The molecule has 0 saturated heterocycles. The average Bonchev–Trinajstić information content (AvgIpc) is 2.38. The van der Waals surface area contributed by atoms with Crippen LogP contribution in [0.2, 0.25) is 0 Å². The van der Waals surface area contributed by atoms with Crippen molar-refractivity contribution in [1.82, 2.24) is 15.3 Å². The zero-order valence-corrected chi connectivity index (χ0v) is 11.0. The van der Waals surface area contributed by atoms with Crippen LogP contribution in [0, 0.1) is 0 Å². The van der Waals surface area contributed by atoms with Crippen LogP contribution in [0.5, 0.6) is 0 Å². The van der Waals surface area contributed by atoms with E-state index in [1.807, 2.05) is 13.8 Å². The van der Waals surface area contributed by atoms with Gasteiger partial charge in [-0.2, -0.15) is 13.2 Å². The maximum Gasteiger partial charge on any atom is 0.433 e. The van der Waals surface area contributed by atoms with E-state index in [0.717, 1.165) is 0 Å². The Hall–Kier alpha value is -1.37. The van der Waals surface area contributed by atoms with E-state index in [0.29, 0.717) is 38.3 Å². The van der Waals surface area contributed by atoms with E-state index in [-0.39, 0.29) is 11.5 Å². The summed E-state index contributed by atoms with van der Waals surface area (Å²) in [5, 5.41) is 3.05. The van der Waals surface area contributed by atoms with Gasteiger partial charge in [0.1, 0.15) is 0 Å². The van der Waals surface area contributed by atoms with Crippen molar-refractivity contribution < 1.29 is 13.2 Å². The van der Waals surface area contributed by atoms with Crippen LogP contribution in [-0.4, -0.2) is 29.6 Å². The second-order valence-electron chi connectivity index (χ2n) is 4.39. The number of nitrogens with zero attached hydrogens (tertiary/aromatic N) is 3. The molecule has 0 unspecified atom stereocenters. The second kappa shape index (κ2) is 5.32. The molecule has 19 heavy (non-hydrogen) atoms. The molecule has 2 rings (SSSR count). The first kappa shape index (κ1) is 14.0. The molecule has 0 aromatic carbocycles. The molecule has 1 aliphatic heterocycles. The van der Waals surface area contributed by atoms with Gasteiger partial charge in [-0.3, -0.25) is 0 Å². The van der Waals surface area contributed by atoms with E-state index in [4.69, 9.17) is 0 Å². The van der Waals surface area contributed by atoms with Crippen LogP contribution >= 0.6 is 0 Å². The molecule has 7 heteroatoms. The summed E-state index contributed by atoms with van der Waals surface area (Å²) in [6.45, 7) is 5.81. The van der Waals surface area contributed by atoms with Crippen molar-refractivity contribution in [2.75, 3.05) is 24.5 Å². The molecular weight excluding hydrogens is 257 g/mol. The Morgan fingerprint density at radius 1 is 1.21 bits per heavy atom. The van der Waals surface area contributed by atoms with Crippen LogP contribution in [0.15, 0.2) is 0 Å². The summed E-state index contributed by atoms with van der Waals surface area (Å²) in [5.41, 5.74) is -0.0708. The van der Waals surface area contributed by atoms with Crippen LogP contribution in [0.25, 0.3) is 0 Å². The summed E-state index contributed by atoms with van der Waals surface area (Å²) >= 11 is 0. The van der Waals surface area contributed by atoms with E-state index in [1.54, 1.807) is 4.90 Å². The van der Waals surface area contributed by atoms with E-state index in [1.165, 1.54) is 0 Å². The fourth-order valence-electron chi connectivity index (χ4n) is 2.23. The van der Waals surface area contributed by atoms with Crippen molar-refractivity contribution in [2.45, 2.75) is 33.0 Å². The fraction of sp³-hybridized carbons (Fsp3) is 0.667. The Balaban J connectivity index is 2.54. The third-order valence-electron chi connectivity index (χ3n) is 3.24. The molecule has 0 saturated carbocycles. The molecular formula is C12H17F3N4. The number of nitrogens with one attached hydrogen (secondary N) is 1. The molecule has 0 fully saturated rings. The van der Waals surface area contributed by atoms with Crippen molar-refractivity contribution in [2.24, 2.45) is 0 Å². The molecule has 0 aliphatic carbocycles. The molecule has 1 aromatic rings. The van der Waals surface area contributed by atoms with Gasteiger partial charge in [0.2, 0.25) is 5.95 Å². The lowest BCUT2D eigenvalue weighted by Crippen LogP contribution is -2.32. The van der Waals surface area contributed by atoms with Gasteiger partial charge in [-0.15, -0.1) is 0 Å². The maximum atomic E-state index is 13.1. The number of aromatic nitrogens is 2. The SMILES string of the molecule is CCN(CC)c1nc2c(c(C(F)(F)F)n1)CCNC2. The van der Waals surface area contributed by atoms with Gasteiger partial charge in [-0.05, 0) is 26.8 Å². The minimum Gasteiger partial charge on any atom is -0.341 e. The Morgan fingerprint density at radius 3 is 2.47 bits per heavy atom. The standard InChI is InChI=1S/C12H17F3N4/c1-3-19(4-2)11-17-9-7-16-6-5-8(9)10(18-11)12(13,14)15/h16H,3-7H2,1-2H3. The molecule has 0 atom stereocenters. The number of anilines is 1. The summed E-state index contributed by atoms with van der Waals surface area (Å²) in [6, 6.07) is 0. The van der Waals surface area contributed by atoms with Crippen molar-refractivity contribution in [1.29, 1.82) is 0 Å². The summed E-state index contributed by atoms with van der Waals surface area (Å²) in [7, 11) is 0. The number of fused-ring (bicyclic) bond motifs is 1. The number of halogens is 3. The monoisotopic (exact) mass is 274 g/mol. The molecule has 1 aromatic heterocycles. The summed E-state index contributed by atoms with van der Waals surface area (Å²) in [5.74, 6) is 0.166. The van der Waals surface area contributed by atoms with Crippen LogP contribution in [-0.2, 0) is 19.1 Å². The van der Waals surface area contributed by atoms with Gasteiger partial charge >= 0.3 is 6.18 Å². The lowest BCUT2D eigenvalue weighted by atomic mass is 10.0. The second-order valence-corrected chi connectivity index (χ2v) is 4.39. The Kier molecular flexibility index (Phi) is 3.93. The van der Waals surface area contributed by atoms with E-state index in [9.17, 15) is 13.2 Å². The number of hydrogen-bond donors (Lipinski definition) is 1. The molecule has 2 heterocycles. The predicted octanol–water partition coefficient (Wildman–Crippen LogP) is 1.99. The summed E-state index contributed by atoms with van der Waals surface area (Å²) in [4.78, 5) is 9.77. The van der Waals surface area contributed by atoms with Crippen LogP contribution in [0.1, 0.15) is 30.8 Å². The molecule has 106 valence electrons. The molecule has 1 N–H and O–H groups in total. The highest BCUT2D eigenvalue weighted by molar-refractivity contribution is 5.39. The molecule has 0 bridgehead atoms. The zero-order valence-electron chi connectivity index (χ0n) is 11.0. The van der Waals surface area contributed by atoms with Gasteiger partial charge in [0, 0.05) is 25.2 Å². The van der Waals surface area contributed by atoms with Gasteiger partial charge < -0.3 is 10.2 Å². The molecule has 0 spiro atoms. The fourth-order valence-corrected chi connectivity index (χ4v) is 2.23. The predicted molar refractivity (Wildman–Crippen MR) is 66.0 cm³/mol. The largest absolute Gasteiger partial charge is 0.433 e. The topological polar surface area (TPSA) is 41.1 Å². The first-order chi connectivity index (χ1) is 8.97. The summed E-state index contributed by atoms with van der Waals surface area (Å²) in [6.07, 6.45) is -4.10. The van der Waals surface area contributed by atoms with Crippen LogP contribution in [0.3, 0.4) is 0 Å². The van der Waals surface area contributed by atoms with Gasteiger partial charge in [-0.1, -0.05) is 0 Å².